The molecule has 0 atom stereocenters. The van der Waals surface area contributed by atoms with Crippen molar-refractivity contribution in [1.29, 1.82) is 0 Å². The van der Waals surface area contributed by atoms with Crippen LogP contribution in [0.2, 0.25) is 0 Å². The van der Waals surface area contributed by atoms with Crippen LogP contribution in [0, 0.1) is 0 Å². The van der Waals surface area contributed by atoms with Gasteiger partial charge in [0.05, 0.1) is 25.3 Å². The summed E-state index contributed by atoms with van der Waals surface area (Å²) < 4.78 is 12.7. The summed E-state index contributed by atoms with van der Waals surface area (Å²) in [5.41, 5.74) is 2.60. The molecule has 29 heavy (non-hydrogen) atoms. The molecule has 1 amide bonds. The molecule has 0 aliphatic heterocycles. The normalized spacial score (nSPS) is 11.1. The third kappa shape index (κ3) is 5.06. The first kappa shape index (κ1) is 20.7. The average molecular weight is 396 g/mol. The number of hydrogen-bond acceptors (Lipinski definition) is 5. The summed E-state index contributed by atoms with van der Waals surface area (Å²) in [5, 5.41) is 2.97. The van der Waals surface area contributed by atoms with Crippen LogP contribution in [0.4, 0.5) is 0 Å². The van der Waals surface area contributed by atoms with Gasteiger partial charge >= 0.3 is 0 Å². The van der Waals surface area contributed by atoms with E-state index < -0.39 is 0 Å². The van der Waals surface area contributed by atoms with Crippen LogP contribution >= 0.6 is 0 Å². The first-order valence-electron chi connectivity index (χ1n) is 9.62. The van der Waals surface area contributed by atoms with Crippen molar-refractivity contribution in [1.82, 2.24) is 19.8 Å². The number of hydrogen-bond donors (Lipinski definition) is 1. The number of nitrogens with zero attached hydrogens (tertiary/aromatic N) is 3. The average Bonchev–Trinajstić information content (AvgIpc) is 3.08. The van der Waals surface area contributed by atoms with Crippen LogP contribution < -0.4 is 14.8 Å². The van der Waals surface area contributed by atoms with Gasteiger partial charge in [-0.05, 0) is 38.4 Å². The predicted molar refractivity (Wildman–Crippen MR) is 114 cm³/mol. The number of carbonyl (C=O) groups is 1. The van der Waals surface area contributed by atoms with Gasteiger partial charge in [0.25, 0.3) is 5.91 Å². The van der Waals surface area contributed by atoms with Crippen molar-refractivity contribution >= 4 is 16.9 Å². The van der Waals surface area contributed by atoms with E-state index in [1.807, 2.05) is 18.2 Å². The Balaban J connectivity index is 1.71. The van der Waals surface area contributed by atoms with Crippen LogP contribution in [-0.2, 0) is 13.0 Å². The summed E-state index contributed by atoms with van der Waals surface area (Å²) in [5.74, 6) is 1.97. The highest BCUT2D eigenvalue weighted by Crippen LogP contribution is 2.22. The van der Waals surface area contributed by atoms with Crippen LogP contribution in [0.3, 0.4) is 0 Å². The van der Waals surface area contributed by atoms with Crippen molar-refractivity contribution in [2.75, 3.05) is 41.4 Å². The monoisotopic (exact) mass is 396 g/mol. The summed E-state index contributed by atoms with van der Waals surface area (Å²) >= 11 is 0. The van der Waals surface area contributed by atoms with E-state index in [0.29, 0.717) is 30.0 Å². The highest BCUT2D eigenvalue weighted by Gasteiger charge is 2.13. The molecule has 3 rings (SSSR count). The van der Waals surface area contributed by atoms with Crippen molar-refractivity contribution in [3.63, 3.8) is 0 Å². The number of fused-ring (bicyclic) bond motifs is 1. The molecule has 7 heteroatoms. The van der Waals surface area contributed by atoms with E-state index in [2.05, 4.69) is 34.9 Å². The number of rotatable bonds is 9. The van der Waals surface area contributed by atoms with E-state index in [-0.39, 0.29) is 5.91 Å². The zero-order valence-electron chi connectivity index (χ0n) is 17.4. The molecule has 0 fully saturated rings. The van der Waals surface area contributed by atoms with Gasteiger partial charge in [0.2, 0.25) is 0 Å². The molecule has 3 aromatic rings. The minimum absolute atomic E-state index is 0.168. The largest absolute Gasteiger partial charge is 0.497 e. The van der Waals surface area contributed by atoms with E-state index in [4.69, 9.17) is 14.5 Å². The lowest BCUT2D eigenvalue weighted by Crippen LogP contribution is -2.27. The fraction of sp³-hybridized carbons (Fsp3) is 0.364. The van der Waals surface area contributed by atoms with Gasteiger partial charge in [-0.2, -0.15) is 0 Å². The number of ether oxygens (including phenoxy) is 2. The topological polar surface area (TPSA) is 68.6 Å². The van der Waals surface area contributed by atoms with Crippen molar-refractivity contribution in [3.05, 3.63) is 53.9 Å². The maximum atomic E-state index is 12.6. The third-order valence-electron chi connectivity index (χ3n) is 4.75. The van der Waals surface area contributed by atoms with E-state index >= 15 is 0 Å². The highest BCUT2D eigenvalue weighted by molar-refractivity contribution is 5.95. The molecule has 0 radical (unpaired) electrons. The molecule has 0 unspecified atom stereocenters. The smallest absolute Gasteiger partial charge is 0.251 e. The lowest BCUT2D eigenvalue weighted by atomic mass is 10.2. The lowest BCUT2D eigenvalue weighted by molar-refractivity contribution is 0.0953. The van der Waals surface area contributed by atoms with Gasteiger partial charge < -0.3 is 24.3 Å². The number of amides is 1. The Labute approximate surface area is 171 Å². The fourth-order valence-electron chi connectivity index (χ4n) is 3.19. The minimum Gasteiger partial charge on any atom is -0.497 e. The summed E-state index contributed by atoms with van der Waals surface area (Å²) in [4.78, 5) is 19.5. The Kier molecular flexibility index (Phi) is 6.72. The Morgan fingerprint density at radius 2 is 1.79 bits per heavy atom. The maximum absolute atomic E-state index is 12.6. The van der Waals surface area contributed by atoms with Gasteiger partial charge in [-0.1, -0.05) is 12.1 Å². The second kappa shape index (κ2) is 9.43. The molecule has 1 N–H and O–H groups in total. The Morgan fingerprint density at radius 1 is 1.10 bits per heavy atom. The van der Waals surface area contributed by atoms with Gasteiger partial charge in [0.1, 0.15) is 17.3 Å². The summed E-state index contributed by atoms with van der Waals surface area (Å²) in [6, 6.07) is 13.3. The van der Waals surface area contributed by atoms with Crippen molar-refractivity contribution in [2.45, 2.75) is 13.0 Å². The van der Waals surface area contributed by atoms with Crippen LogP contribution in [0.15, 0.2) is 42.5 Å². The number of methoxy groups -OCH3 is 2. The second-order valence-corrected chi connectivity index (χ2v) is 7.08. The quantitative estimate of drug-likeness (QED) is 0.602. The van der Waals surface area contributed by atoms with E-state index in [1.165, 1.54) is 0 Å². The molecule has 0 spiro atoms. The molecule has 0 saturated heterocycles. The molecule has 0 saturated carbocycles. The molecule has 1 heterocycles. The minimum atomic E-state index is -0.168. The zero-order chi connectivity index (χ0) is 20.8. The molecular weight excluding hydrogens is 368 g/mol. The van der Waals surface area contributed by atoms with Crippen molar-refractivity contribution < 1.29 is 14.3 Å². The standard InChI is InChI=1S/C22H28N4O3/c1-25(2)11-12-26-20-8-6-5-7-19(20)24-21(26)9-10-23-22(27)16-13-17(28-3)15-18(14-16)29-4/h5-8,13-15H,9-12H2,1-4H3,(H,23,27). The number of benzene rings is 2. The van der Waals surface area contributed by atoms with E-state index in [0.717, 1.165) is 29.9 Å². The zero-order valence-corrected chi connectivity index (χ0v) is 17.4. The van der Waals surface area contributed by atoms with E-state index in [1.54, 1.807) is 32.4 Å². The van der Waals surface area contributed by atoms with Gasteiger partial charge in [-0.15, -0.1) is 0 Å². The first-order chi connectivity index (χ1) is 14.0. The number of likely N-dealkylation sites (N-methyl/N-ethyl adjacent to an activating group) is 1. The van der Waals surface area contributed by atoms with Crippen molar-refractivity contribution in [2.24, 2.45) is 0 Å². The third-order valence-corrected chi connectivity index (χ3v) is 4.75. The Bertz CT molecular complexity index is 959. The van der Waals surface area contributed by atoms with E-state index in [9.17, 15) is 4.79 Å². The highest BCUT2D eigenvalue weighted by atomic mass is 16.5. The molecule has 1 aromatic heterocycles. The number of nitrogens with one attached hydrogen (secondary N) is 1. The number of imidazole rings is 1. The number of carbonyl (C=O) groups excluding carboxylic acids is 1. The molecule has 2 aromatic carbocycles. The summed E-state index contributed by atoms with van der Waals surface area (Å²) in [6.07, 6.45) is 0.648. The van der Waals surface area contributed by atoms with Gasteiger partial charge in [0.15, 0.2) is 0 Å². The van der Waals surface area contributed by atoms with Crippen LogP contribution in [0.1, 0.15) is 16.2 Å². The SMILES string of the molecule is COc1cc(OC)cc(C(=O)NCCc2nc3ccccc3n2CCN(C)C)c1. The molecule has 7 nitrogen and oxygen atoms in total. The Hall–Kier alpha value is -3.06. The first-order valence-corrected chi connectivity index (χ1v) is 9.62. The summed E-state index contributed by atoms with van der Waals surface area (Å²) in [7, 11) is 7.24. The maximum Gasteiger partial charge on any atom is 0.251 e. The molecule has 0 bridgehead atoms. The van der Waals surface area contributed by atoms with Gasteiger partial charge in [-0.3, -0.25) is 4.79 Å². The van der Waals surface area contributed by atoms with Crippen LogP contribution in [-0.4, -0.2) is 61.8 Å². The molecule has 0 aliphatic carbocycles. The van der Waals surface area contributed by atoms with Crippen molar-refractivity contribution in [3.8, 4) is 11.5 Å². The van der Waals surface area contributed by atoms with Gasteiger partial charge in [0, 0.05) is 37.7 Å². The molecule has 154 valence electrons. The van der Waals surface area contributed by atoms with Crippen LogP contribution in [0.5, 0.6) is 11.5 Å². The second-order valence-electron chi connectivity index (χ2n) is 7.08. The number of para-hydroxylation sites is 2. The predicted octanol–water partition coefficient (Wildman–Crippen LogP) is 2.59. The summed E-state index contributed by atoms with van der Waals surface area (Å²) in [6.45, 7) is 2.26. The lowest BCUT2D eigenvalue weighted by Gasteiger charge is -2.14. The Morgan fingerprint density at radius 3 is 2.45 bits per heavy atom. The van der Waals surface area contributed by atoms with Gasteiger partial charge in [-0.25, -0.2) is 4.98 Å². The molecule has 0 aliphatic rings. The molecular formula is C22H28N4O3. The number of aromatic nitrogens is 2. The van der Waals surface area contributed by atoms with Crippen LogP contribution in [0.25, 0.3) is 11.0 Å². The fourth-order valence-corrected chi connectivity index (χ4v) is 3.19.